The summed E-state index contributed by atoms with van der Waals surface area (Å²) in [7, 11) is 2.01. The van der Waals surface area contributed by atoms with Crippen molar-refractivity contribution in [3.05, 3.63) is 38.4 Å². The maximum Gasteiger partial charge on any atom is 0.311 e. The van der Waals surface area contributed by atoms with Gasteiger partial charge < -0.3 is 10.1 Å². The van der Waals surface area contributed by atoms with Crippen LogP contribution in [0.15, 0.2) is 27.3 Å². The van der Waals surface area contributed by atoms with Crippen molar-refractivity contribution in [2.24, 2.45) is 5.92 Å². The van der Waals surface area contributed by atoms with Crippen LogP contribution >= 0.6 is 31.9 Å². The fourth-order valence-corrected chi connectivity index (χ4v) is 4.82. The number of hydrogen-bond acceptors (Lipinski definition) is 2. The number of aromatic nitrogens is 1. The number of nitrogens with zero attached hydrogens (tertiary/aromatic N) is 1. The van der Waals surface area contributed by atoms with Gasteiger partial charge in [-0.05, 0) is 52.7 Å². The second-order valence-electron chi connectivity index (χ2n) is 5.99. The molecule has 1 aliphatic carbocycles. The molecule has 6 heteroatoms. The Balaban J connectivity index is 2.03. The van der Waals surface area contributed by atoms with Crippen LogP contribution in [0.25, 0.3) is 16.5 Å². The lowest BCUT2D eigenvalue weighted by molar-refractivity contribution is -0.140. The van der Waals surface area contributed by atoms with Gasteiger partial charge in [-0.15, -0.1) is 0 Å². The second-order valence-corrected chi connectivity index (χ2v) is 7.64. The predicted molar refractivity (Wildman–Crippen MR) is 92.9 cm³/mol. The average molecular weight is 426 g/mol. The third-order valence-corrected chi connectivity index (χ3v) is 6.06. The van der Waals surface area contributed by atoms with Crippen molar-refractivity contribution in [1.82, 2.24) is 9.88 Å². The average Bonchev–Trinajstić information content (AvgIpc) is 2.79. The number of carbonyl (C=O) groups is 1. The molecule has 4 nitrogen and oxygen atoms in total. The van der Waals surface area contributed by atoms with Gasteiger partial charge in [-0.25, -0.2) is 0 Å². The van der Waals surface area contributed by atoms with Gasteiger partial charge in [0.1, 0.15) is 0 Å². The van der Waals surface area contributed by atoms with Crippen LogP contribution in [0.5, 0.6) is 0 Å². The summed E-state index contributed by atoms with van der Waals surface area (Å²) in [6.07, 6.45) is 2.83. The maximum absolute atomic E-state index is 11.5. The zero-order chi connectivity index (χ0) is 15.6. The summed E-state index contributed by atoms with van der Waals surface area (Å²) < 4.78 is 2.04. The Bertz CT molecular complexity index is 840. The molecule has 0 saturated heterocycles. The zero-order valence-corrected chi connectivity index (χ0v) is 15.0. The molecule has 0 bridgehead atoms. The highest BCUT2D eigenvalue weighted by Gasteiger charge is 2.37. The molecule has 0 fully saturated rings. The Morgan fingerprint density at radius 2 is 2.18 bits per heavy atom. The molecule has 0 spiro atoms. The van der Waals surface area contributed by atoms with Crippen molar-refractivity contribution >= 4 is 54.3 Å². The minimum Gasteiger partial charge on any atom is -0.481 e. The number of hydrogen-bond donors (Lipinski definition) is 2. The molecule has 2 heterocycles. The summed E-state index contributed by atoms with van der Waals surface area (Å²) in [4.78, 5) is 17.0. The maximum atomic E-state index is 11.5. The van der Waals surface area contributed by atoms with Crippen LogP contribution in [-0.2, 0) is 11.2 Å². The number of halogens is 2. The molecule has 0 radical (unpaired) electrons. The van der Waals surface area contributed by atoms with Crippen molar-refractivity contribution in [3.63, 3.8) is 0 Å². The lowest BCUT2D eigenvalue weighted by atomic mass is 9.80. The quantitative estimate of drug-likeness (QED) is 0.733. The van der Waals surface area contributed by atoms with Gasteiger partial charge in [-0.3, -0.25) is 9.69 Å². The van der Waals surface area contributed by atoms with E-state index in [1.807, 2.05) is 19.2 Å². The number of H-pyrrole nitrogens is 1. The highest BCUT2D eigenvalue weighted by molar-refractivity contribution is 9.10. The topological polar surface area (TPSA) is 56.3 Å². The lowest BCUT2D eigenvalue weighted by Crippen LogP contribution is -2.44. The van der Waals surface area contributed by atoms with Crippen molar-refractivity contribution in [1.29, 1.82) is 0 Å². The third-order valence-electron chi connectivity index (χ3n) is 4.73. The lowest BCUT2D eigenvalue weighted by Gasteiger charge is -2.39. The number of carboxylic acid groups (broad SMARTS) is 1. The number of carboxylic acids is 1. The van der Waals surface area contributed by atoms with Gasteiger partial charge in [0.15, 0.2) is 0 Å². The van der Waals surface area contributed by atoms with Gasteiger partial charge in [-0.1, -0.05) is 22.0 Å². The molecule has 2 aromatic rings. The van der Waals surface area contributed by atoms with Crippen LogP contribution < -0.4 is 0 Å². The second kappa shape index (κ2) is 4.94. The van der Waals surface area contributed by atoms with E-state index in [2.05, 4.69) is 47.8 Å². The van der Waals surface area contributed by atoms with E-state index in [0.717, 1.165) is 32.1 Å². The van der Waals surface area contributed by atoms with Crippen LogP contribution in [0.2, 0.25) is 0 Å². The van der Waals surface area contributed by atoms with Crippen molar-refractivity contribution in [2.75, 3.05) is 13.6 Å². The molecule has 0 unspecified atom stereocenters. The Morgan fingerprint density at radius 1 is 1.41 bits per heavy atom. The Kier molecular flexibility index (Phi) is 3.25. The molecule has 1 aromatic carbocycles. The molecule has 0 amide bonds. The van der Waals surface area contributed by atoms with E-state index in [-0.39, 0.29) is 6.04 Å². The summed E-state index contributed by atoms with van der Waals surface area (Å²) >= 11 is 7.29. The number of nitrogens with one attached hydrogen (secondary N) is 1. The van der Waals surface area contributed by atoms with Gasteiger partial charge in [0.05, 0.1) is 10.5 Å². The number of aliphatic carboxylic acids is 1. The van der Waals surface area contributed by atoms with Gasteiger partial charge in [0.2, 0.25) is 0 Å². The van der Waals surface area contributed by atoms with Crippen molar-refractivity contribution < 1.29 is 9.90 Å². The SMILES string of the molecule is CN1C[C@H](C(=O)O)C=C2c3c(Br)ccc4[nH]c(Br)c(c34)C[C@H]21. The minimum absolute atomic E-state index is 0.220. The van der Waals surface area contributed by atoms with E-state index < -0.39 is 11.9 Å². The van der Waals surface area contributed by atoms with E-state index >= 15 is 0 Å². The first-order chi connectivity index (χ1) is 10.5. The van der Waals surface area contributed by atoms with Gasteiger partial charge in [-0.2, -0.15) is 0 Å². The number of benzene rings is 1. The Labute approximate surface area is 144 Å². The van der Waals surface area contributed by atoms with E-state index in [9.17, 15) is 9.90 Å². The van der Waals surface area contributed by atoms with Gasteiger partial charge >= 0.3 is 5.97 Å². The van der Waals surface area contributed by atoms with Crippen LogP contribution in [0.4, 0.5) is 0 Å². The van der Waals surface area contributed by atoms with Gasteiger partial charge in [0, 0.05) is 33.5 Å². The van der Waals surface area contributed by atoms with Gasteiger partial charge in [0.25, 0.3) is 0 Å². The van der Waals surface area contributed by atoms with E-state index in [1.165, 1.54) is 10.9 Å². The summed E-state index contributed by atoms with van der Waals surface area (Å²) in [6, 6.07) is 4.30. The third kappa shape index (κ3) is 1.94. The molecule has 2 N–H and O–H groups in total. The van der Waals surface area contributed by atoms with Crippen molar-refractivity contribution in [3.8, 4) is 0 Å². The van der Waals surface area contributed by atoms with Crippen LogP contribution in [0.3, 0.4) is 0 Å². The molecule has 0 saturated carbocycles. The van der Waals surface area contributed by atoms with E-state index in [1.54, 1.807) is 0 Å². The number of rotatable bonds is 1. The van der Waals surface area contributed by atoms with Crippen LogP contribution in [0.1, 0.15) is 11.1 Å². The van der Waals surface area contributed by atoms with Crippen LogP contribution in [0, 0.1) is 5.92 Å². The standard InChI is InChI=1S/C16H14Br2N2O2/c1-20-6-7(16(21)22)4-8-12(20)5-9-14-11(19-15(9)18)3-2-10(17)13(8)14/h2-4,7,12,19H,5-6H2,1H3,(H,21,22)/t7-,12-/m1/s1. The smallest absolute Gasteiger partial charge is 0.311 e. The number of fused-ring (bicyclic) bond motifs is 2. The molecule has 1 aliphatic heterocycles. The fraction of sp³-hybridized carbons (Fsp3) is 0.312. The first-order valence-corrected chi connectivity index (χ1v) is 8.69. The van der Waals surface area contributed by atoms with Crippen molar-refractivity contribution in [2.45, 2.75) is 12.5 Å². The number of likely N-dealkylation sites (N-methyl/N-ethyl adjacent to an activating group) is 1. The summed E-state index contributed by atoms with van der Waals surface area (Å²) in [5, 5.41) is 10.6. The molecular formula is C16H14Br2N2O2. The number of aromatic amines is 1. The van der Waals surface area contributed by atoms with E-state index in [0.29, 0.717) is 6.54 Å². The summed E-state index contributed by atoms with van der Waals surface area (Å²) in [5.41, 5.74) is 4.61. The first-order valence-electron chi connectivity index (χ1n) is 7.11. The normalized spacial score (nSPS) is 24.2. The Hall–Kier alpha value is -1.11. The molecule has 2 aliphatic rings. The summed E-state index contributed by atoms with van der Waals surface area (Å²) in [6.45, 7) is 0.550. The monoisotopic (exact) mass is 424 g/mol. The van der Waals surface area contributed by atoms with Crippen LogP contribution in [-0.4, -0.2) is 40.6 Å². The zero-order valence-electron chi connectivity index (χ0n) is 11.9. The molecule has 114 valence electrons. The largest absolute Gasteiger partial charge is 0.481 e. The highest BCUT2D eigenvalue weighted by atomic mass is 79.9. The molecule has 2 atom stereocenters. The van der Waals surface area contributed by atoms with E-state index in [4.69, 9.17) is 0 Å². The molecular weight excluding hydrogens is 412 g/mol. The predicted octanol–water partition coefficient (Wildman–Crippen LogP) is 3.65. The first kappa shape index (κ1) is 14.5. The minimum atomic E-state index is -0.762. The molecule has 4 rings (SSSR count). The molecule has 22 heavy (non-hydrogen) atoms. The fourth-order valence-electron chi connectivity index (χ4n) is 3.69. The molecule has 1 aromatic heterocycles. The Morgan fingerprint density at radius 3 is 2.91 bits per heavy atom. The highest BCUT2D eigenvalue weighted by Crippen LogP contribution is 2.46. The summed E-state index contributed by atoms with van der Waals surface area (Å²) in [5.74, 6) is -1.22.